The van der Waals surface area contributed by atoms with Crippen molar-refractivity contribution in [3.05, 3.63) is 76.4 Å². The summed E-state index contributed by atoms with van der Waals surface area (Å²) in [5.41, 5.74) is 1.82. The molecule has 24 heavy (non-hydrogen) atoms. The topological polar surface area (TPSA) is 41.9 Å². The van der Waals surface area contributed by atoms with Crippen LogP contribution in [0, 0.1) is 0 Å². The third-order valence-electron chi connectivity index (χ3n) is 3.25. The van der Waals surface area contributed by atoms with E-state index in [0.29, 0.717) is 22.5 Å². The van der Waals surface area contributed by atoms with Crippen LogP contribution in [0.25, 0.3) is 0 Å². The second kappa shape index (κ2) is 7.66. The van der Waals surface area contributed by atoms with Gasteiger partial charge in [0.1, 0.15) is 0 Å². The molecule has 0 amide bonds. The lowest BCUT2D eigenvalue weighted by atomic mass is 10.2. The fourth-order valence-electron chi connectivity index (χ4n) is 2.16. The molecule has 0 saturated heterocycles. The molecule has 1 heterocycles. The van der Waals surface area contributed by atoms with Crippen molar-refractivity contribution < 1.29 is 0 Å². The molecule has 3 rings (SSSR count). The van der Waals surface area contributed by atoms with Gasteiger partial charge in [0.25, 0.3) is 0 Å². The monoisotopic (exact) mass is 376 g/mol. The summed E-state index contributed by atoms with van der Waals surface area (Å²) in [6, 6.07) is 16.9. The SMILES string of the molecule is S=C(Nc1cccc(Cl)c1)Nc1ccn(Cc2ccccc2Cl)n1. The van der Waals surface area contributed by atoms with Crippen LogP contribution in [0.2, 0.25) is 10.0 Å². The predicted octanol–water partition coefficient (Wildman–Crippen LogP) is 5.05. The molecule has 0 aliphatic rings. The summed E-state index contributed by atoms with van der Waals surface area (Å²) >= 11 is 17.4. The fourth-order valence-corrected chi connectivity index (χ4v) is 2.77. The van der Waals surface area contributed by atoms with Crippen LogP contribution in [-0.2, 0) is 6.54 Å². The molecule has 0 bridgehead atoms. The lowest BCUT2D eigenvalue weighted by Gasteiger charge is -2.09. The Morgan fingerprint density at radius 1 is 1.04 bits per heavy atom. The van der Waals surface area contributed by atoms with E-state index in [4.69, 9.17) is 35.4 Å². The highest BCUT2D eigenvalue weighted by Crippen LogP contribution is 2.17. The first-order chi connectivity index (χ1) is 11.6. The van der Waals surface area contributed by atoms with Crippen molar-refractivity contribution in [2.75, 3.05) is 10.6 Å². The number of anilines is 2. The number of nitrogens with zero attached hydrogens (tertiary/aromatic N) is 2. The first kappa shape index (κ1) is 16.8. The molecular weight excluding hydrogens is 363 g/mol. The van der Waals surface area contributed by atoms with E-state index in [1.54, 1.807) is 16.8 Å². The number of halogens is 2. The van der Waals surface area contributed by atoms with E-state index >= 15 is 0 Å². The van der Waals surface area contributed by atoms with Gasteiger partial charge in [-0.25, -0.2) is 0 Å². The summed E-state index contributed by atoms with van der Waals surface area (Å²) in [5.74, 6) is 0.654. The summed E-state index contributed by atoms with van der Waals surface area (Å²) in [5, 5.41) is 12.4. The van der Waals surface area contributed by atoms with Gasteiger partial charge in [0, 0.05) is 28.0 Å². The van der Waals surface area contributed by atoms with E-state index in [-0.39, 0.29) is 0 Å². The van der Waals surface area contributed by atoms with Crippen molar-refractivity contribution in [1.82, 2.24) is 9.78 Å². The van der Waals surface area contributed by atoms with Gasteiger partial charge in [0.2, 0.25) is 0 Å². The Hall–Kier alpha value is -2.08. The first-order valence-electron chi connectivity index (χ1n) is 7.20. The standard InChI is InChI=1S/C17H14Cl2N4S/c18-13-5-3-6-14(10-13)20-17(24)21-16-8-9-23(22-16)11-12-4-1-2-7-15(12)19/h1-10H,11H2,(H2,20,21,22,24). The lowest BCUT2D eigenvalue weighted by molar-refractivity contribution is 0.690. The van der Waals surface area contributed by atoms with Gasteiger partial charge in [-0.15, -0.1) is 0 Å². The second-order valence-electron chi connectivity index (χ2n) is 5.08. The molecule has 0 saturated carbocycles. The largest absolute Gasteiger partial charge is 0.332 e. The van der Waals surface area contributed by atoms with Gasteiger partial charge in [0.15, 0.2) is 10.9 Å². The van der Waals surface area contributed by atoms with E-state index in [0.717, 1.165) is 16.3 Å². The molecule has 0 fully saturated rings. The third kappa shape index (κ3) is 4.47. The number of hydrogen-bond acceptors (Lipinski definition) is 2. The maximum Gasteiger partial charge on any atom is 0.176 e. The minimum absolute atomic E-state index is 0.445. The van der Waals surface area contributed by atoms with Gasteiger partial charge < -0.3 is 10.6 Å². The molecule has 0 spiro atoms. The van der Waals surface area contributed by atoms with Crippen LogP contribution < -0.4 is 10.6 Å². The molecule has 1 aromatic heterocycles. The Labute approximate surface area is 155 Å². The molecule has 0 unspecified atom stereocenters. The highest BCUT2D eigenvalue weighted by molar-refractivity contribution is 7.80. The number of rotatable bonds is 4. The van der Waals surface area contributed by atoms with Crippen LogP contribution in [0.4, 0.5) is 11.5 Å². The van der Waals surface area contributed by atoms with Crippen LogP contribution in [0.15, 0.2) is 60.8 Å². The Morgan fingerprint density at radius 3 is 2.67 bits per heavy atom. The molecule has 4 nitrogen and oxygen atoms in total. The molecule has 0 aliphatic heterocycles. The average Bonchev–Trinajstić information content (AvgIpc) is 2.96. The van der Waals surface area contributed by atoms with E-state index in [1.807, 2.05) is 48.7 Å². The molecule has 2 aromatic carbocycles. The highest BCUT2D eigenvalue weighted by atomic mass is 35.5. The van der Waals surface area contributed by atoms with E-state index in [1.165, 1.54) is 0 Å². The third-order valence-corrected chi connectivity index (χ3v) is 4.06. The average molecular weight is 377 g/mol. The minimum Gasteiger partial charge on any atom is -0.332 e. The molecule has 3 aromatic rings. The van der Waals surface area contributed by atoms with E-state index in [2.05, 4.69) is 15.7 Å². The van der Waals surface area contributed by atoms with Gasteiger partial charge in [-0.1, -0.05) is 47.5 Å². The fraction of sp³-hybridized carbons (Fsp3) is 0.0588. The van der Waals surface area contributed by atoms with Gasteiger partial charge in [0.05, 0.1) is 6.54 Å². The van der Waals surface area contributed by atoms with Crippen LogP contribution in [-0.4, -0.2) is 14.9 Å². The molecular formula is C17H14Cl2N4S. The molecule has 7 heteroatoms. The Balaban J connectivity index is 1.61. The van der Waals surface area contributed by atoms with Gasteiger partial charge >= 0.3 is 0 Å². The minimum atomic E-state index is 0.445. The Kier molecular flexibility index (Phi) is 5.35. The Bertz CT molecular complexity index is 863. The lowest BCUT2D eigenvalue weighted by Crippen LogP contribution is -2.19. The van der Waals surface area contributed by atoms with Gasteiger partial charge in [-0.3, -0.25) is 4.68 Å². The van der Waals surface area contributed by atoms with Crippen molar-refractivity contribution >= 4 is 52.0 Å². The summed E-state index contributed by atoms with van der Waals surface area (Å²) in [4.78, 5) is 0. The van der Waals surface area contributed by atoms with Crippen molar-refractivity contribution in [2.24, 2.45) is 0 Å². The molecule has 2 N–H and O–H groups in total. The zero-order valence-electron chi connectivity index (χ0n) is 12.5. The van der Waals surface area contributed by atoms with Crippen molar-refractivity contribution in [2.45, 2.75) is 6.54 Å². The van der Waals surface area contributed by atoms with Crippen LogP contribution in [0.3, 0.4) is 0 Å². The van der Waals surface area contributed by atoms with Crippen molar-refractivity contribution in [3.63, 3.8) is 0 Å². The van der Waals surface area contributed by atoms with Crippen LogP contribution >= 0.6 is 35.4 Å². The smallest absolute Gasteiger partial charge is 0.176 e. The van der Waals surface area contributed by atoms with Gasteiger partial charge in [-0.2, -0.15) is 5.10 Å². The summed E-state index contributed by atoms with van der Waals surface area (Å²) < 4.78 is 1.80. The summed E-state index contributed by atoms with van der Waals surface area (Å²) in [6.45, 7) is 0.593. The number of nitrogens with one attached hydrogen (secondary N) is 2. The van der Waals surface area contributed by atoms with E-state index in [9.17, 15) is 0 Å². The van der Waals surface area contributed by atoms with Crippen LogP contribution in [0.1, 0.15) is 5.56 Å². The van der Waals surface area contributed by atoms with Crippen LogP contribution in [0.5, 0.6) is 0 Å². The molecule has 0 atom stereocenters. The Morgan fingerprint density at radius 2 is 1.88 bits per heavy atom. The highest BCUT2D eigenvalue weighted by Gasteiger charge is 2.05. The second-order valence-corrected chi connectivity index (χ2v) is 6.33. The summed E-state index contributed by atoms with van der Waals surface area (Å²) in [7, 11) is 0. The van der Waals surface area contributed by atoms with E-state index < -0.39 is 0 Å². The zero-order valence-corrected chi connectivity index (χ0v) is 14.9. The number of thiocarbonyl (C=S) groups is 1. The zero-order chi connectivity index (χ0) is 16.9. The number of hydrogen-bond donors (Lipinski definition) is 2. The molecule has 122 valence electrons. The first-order valence-corrected chi connectivity index (χ1v) is 8.37. The molecule has 0 aliphatic carbocycles. The van der Waals surface area contributed by atoms with Gasteiger partial charge in [-0.05, 0) is 42.0 Å². The maximum absolute atomic E-state index is 6.17. The summed E-state index contributed by atoms with van der Waals surface area (Å²) in [6.07, 6.45) is 1.87. The molecule has 0 radical (unpaired) electrons. The van der Waals surface area contributed by atoms with Crippen molar-refractivity contribution in [3.8, 4) is 0 Å². The predicted molar refractivity (Wildman–Crippen MR) is 104 cm³/mol. The quantitative estimate of drug-likeness (QED) is 0.625. The maximum atomic E-state index is 6.17. The number of benzene rings is 2. The normalized spacial score (nSPS) is 10.4. The van der Waals surface area contributed by atoms with Crippen molar-refractivity contribution in [1.29, 1.82) is 0 Å². The number of aromatic nitrogens is 2.